The molecule has 0 spiro atoms. The minimum absolute atomic E-state index is 0.0882. The lowest BCUT2D eigenvalue weighted by Gasteiger charge is -2.21. The Hall–Kier alpha value is -1.43. The maximum Gasteiger partial charge on any atom is 0.238 e. The quantitative estimate of drug-likeness (QED) is 0.739. The molecule has 1 aromatic rings. The Balaban J connectivity index is 2.66. The molecule has 0 aromatic carbocycles. The maximum absolute atomic E-state index is 12.1. The number of hydrogen-bond acceptors (Lipinski definition) is 4. The van der Waals surface area contributed by atoms with Crippen LogP contribution >= 0.6 is 11.3 Å². The molecule has 2 amide bonds. The van der Waals surface area contributed by atoms with Crippen molar-refractivity contribution in [1.82, 2.24) is 9.88 Å². The van der Waals surface area contributed by atoms with Crippen LogP contribution in [0.4, 0.5) is 5.13 Å². The number of rotatable bonds is 6. The minimum Gasteiger partial charge on any atom is -0.343 e. The van der Waals surface area contributed by atoms with Crippen LogP contribution < -0.4 is 4.90 Å². The van der Waals surface area contributed by atoms with Gasteiger partial charge in [0.25, 0.3) is 0 Å². The SMILES string of the molecule is CCN(CC)C(=O)CC(=O)N(CC)c1nccs1. The lowest BCUT2D eigenvalue weighted by molar-refractivity contribution is -0.134. The molecular weight excluding hydrogens is 250 g/mol. The molecular formula is C12H19N3O2S. The molecule has 0 radical (unpaired) electrons. The van der Waals surface area contributed by atoms with Crippen molar-refractivity contribution in [3.8, 4) is 0 Å². The van der Waals surface area contributed by atoms with E-state index in [1.54, 1.807) is 16.0 Å². The highest BCUT2D eigenvalue weighted by atomic mass is 32.1. The van der Waals surface area contributed by atoms with Gasteiger partial charge in [-0.25, -0.2) is 4.98 Å². The number of carbonyl (C=O) groups excluding carboxylic acids is 2. The molecule has 6 heteroatoms. The van der Waals surface area contributed by atoms with Crippen molar-refractivity contribution >= 4 is 28.3 Å². The molecule has 0 saturated heterocycles. The number of thiazole rings is 1. The summed E-state index contributed by atoms with van der Waals surface area (Å²) in [5.41, 5.74) is 0. The lowest BCUT2D eigenvalue weighted by Crippen LogP contribution is -2.38. The topological polar surface area (TPSA) is 53.5 Å². The molecule has 18 heavy (non-hydrogen) atoms. The van der Waals surface area contributed by atoms with E-state index in [1.807, 2.05) is 26.2 Å². The Bertz CT molecular complexity index is 388. The maximum atomic E-state index is 12.1. The van der Waals surface area contributed by atoms with Crippen molar-refractivity contribution in [2.75, 3.05) is 24.5 Å². The van der Waals surface area contributed by atoms with Gasteiger partial charge in [-0.1, -0.05) is 0 Å². The van der Waals surface area contributed by atoms with Gasteiger partial charge in [0.15, 0.2) is 5.13 Å². The highest BCUT2D eigenvalue weighted by molar-refractivity contribution is 7.13. The van der Waals surface area contributed by atoms with Crippen molar-refractivity contribution in [3.05, 3.63) is 11.6 Å². The molecule has 1 rings (SSSR count). The van der Waals surface area contributed by atoms with Crippen LogP contribution in [0, 0.1) is 0 Å². The molecule has 0 fully saturated rings. The van der Waals surface area contributed by atoms with E-state index in [9.17, 15) is 9.59 Å². The number of nitrogens with zero attached hydrogens (tertiary/aromatic N) is 3. The third kappa shape index (κ3) is 3.53. The predicted molar refractivity (Wildman–Crippen MR) is 72.7 cm³/mol. The Labute approximate surface area is 111 Å². The average molecular weight is 269 g/mol. The van der Waals surface area contributed by atoms with E-state index in [-0.39, 0.29) is 18.2 Å². The summed E-state index contributed by atoms with van der Waals surface area (Å²) < 4.78 is 0. The van der Waals surface area contributed by atoms with Gasteiger partial charge < -0.3 is 4.90 Å². The van der Waals surface area contributed by atoms with Gasteiger partial charge in [0.2, 0.25) is 11.8 Å². The molecule has 0 atom stereocenters. The minimum atomic E-state index is -0.190. The molecule has 0 saturated carbocycles. The van der Waals surface area contributed by atoms with E-state index in [1.165, 1.54) is 11.3 Å². The van der Waals surface area contributed by atoms with Crippen LogP contribution in [0.3, 0.4) is 0 Å². The van der Waals surface area contributed by atoms with E-state index >= 15 is 0 Å². The number of carbonyl (C=O) groups is 2. The molecule has 0 aliphatic heterocycles. The summed E-state index contributed by atoms with van der Waals surface area (Å²) in [5.74, 6) is -0.315. The zero-order chi connectivity index (χ0) is 13.5. The summed E-state index contributed by atoms with van der Waals surface area (Å²) >= 11 is 1.40. The standard InChI is InChI=1S/C12H19N3O2S/c1-4-14(5-2)10(16)9-11(17)15(6-3)12-13-7-8-18-12/h7-8H,4-6,9H2,1-3H3. The van der Waals surface area contributed by atoms with E-state index < -0.39 is 0 Å². The molecule has 0 bridgehead atoms. The average Bonchev–Trinajstić information content (AvgIpc) is 2.85. The van der Waals surface area contributed by atoms with Gasteiger partial charge in [-0.15, -0.1) is 11.3 Å². The summed E-state index contributed by atoms with van der Waals surface area (Å²) in [6.45, 7) is 7.48. The Kier molecular flexibility index (Phi) is 5.77. The number of hydrogen-bond donors (Lipinski definition) is 0. The van der Waals surface area contributed by atoms with E-state index in [4.69, 9.17) is 0 Å². The fourth-order valence-corrected chi connectivity index (χ4v) is 2.40. The molecule has 1 aromatic heterocycles. The normalized spacial score (nSPS) is 10.2. The van der Waals surface area contributed by atoms with E-state index in [0.29, 0.717) is 24.8 Å². The summed E-state index contributed by atoms with van der Waals surface area (Å²) in [4.78, 5) is 31.2. The Morgan fingerprint density at radius 2 is 1.83 bits per heavy atom. The first-order valence-electron chi connectivity index (χ1n) is 6.11. The molecule has 0 unspecified atom stereocenters. The second kappa shape index (κ2) is 7.10. The van der Waals surface area contributed by atoms with Crippen LogP contribution in [0.1, 0.15) is 27.2 Å². The van der Waals surface area contributed by atoms with Crippen LogP contribution in [0.5, 0.6) is 0 Å². The first-order valence-corrected chi connectivity index (χ1v) is 6.99. The highest BCUT2D eigenvalue weighted by Gasteiger charge is 2.21. The molecule has 0 aliphatic carbocycles. The van der Waals surface area contributed by atoms with Gasteiger partial charge in [-0.05, 0) is 20.8 Å². The van der Waals surface area contributed by atoms with Gasteiger partial charge in [-0.3, -0.25) is 14.5 Å². The number of anilines is 1. The smallest absolute Gasteiger partial charge is 0.238 e. The van der Waals surface area contributed by atoms with Gasteiger partial charge in [0.1, 0.15) is 6.42 Å². The summed E-state index contributed by atoms with van der Waals surface area (Å²) in [7, 11) is 0. The Morgan fingerprint density at radius 1 is 1.17 bits per heavy atom. The first-order chi connectivity index (χ1) is 8.63. The fourth-order valence-electron chi connectivity index (χ4n) is 1.68. The first kappa shape index (κ1) is 14.6. The van der Waals surface area contributed by atoms with Crippen LogP contribution in [0.2, 0.25) is 0 Å². The molecule has 0 N–H and O–H groups in total. The predicted octanol–water partition coefficient (Wildman–Crippen LogP) is 1.75. The van der Waals surface area contributed by atoms with Crippen molar-refractivity contribution in [2.45, 2.75) is 27.2 Å². The van der Waals surface area contributed by atoms with Crippen LogP contribution in [0.25, 0.3) is 0 Å². The largest absolute Gasteiger partial charge is 0.343 e. The van der Waals surface area contributed by atoms with Gasteiger partial charge >= 0.3 is 0 Å². The molecule has 0 aliphatic rings. The lowest BCUT2D eigenvalue weighted by atomic mass is 10.3. The van der Waals surface area contributed by atoms with Gasteiger partial charge in [-0.2, -0.15) is 0 Å². The summed E-state index contributed by atoms with van der Waals surface area (Å²) in [6, 6.07) is 0. The molecule has 5 nitrogen and oxygen atoms in total. The number of amides is 2. The second-order valence-electron chi connectivity index (χ2n) is 3.70. The highest BCUT2D eigenvalue weighted by Crippen LogP contribution is 2.18. The summed E-state index contributed by atoms with van der Waals surface area (Å²) in [6.07, 6.45) is 1.57. The molecule has 100 valence electrons. The van der Waals surface area contributed by atoms with Crippen LogP contribution in [-0.4, -0.2) is 41.3 Å². The van der Waals surface area contributed by atoms with Crippen molar-refractivity contribution < 1.29 is 9.59 Å². The van der Waals surface area contributed by atoms with Crippen molar-refractivity contribution in [2.24, 2.45) is 0 Å². The van der Waals surface area contributed by atoms with Crippen molar-refractivity contribution in [1.29, 1.82) is 0 Å². The van der Waals surface area contributed by atoms with Gasteiger partial charge in [0, 0.05) is 31.2 Å². The van der Waals surface area contributed by atoms with Gasteiger partial charge in [0.05, 0.1) is 0 Å². The van der Waals surface area contributed by atoms with E-state index in [0.717, 1.165) is 0 Å². The van der Waals surface area contributed by atoms with Crippen molar-refractivity contribution in [3.63, 3.8) is 0 Å². The zero-order valence-corrected chi connectivity index (χ0v) is 11.9. The fraction of sp³-hybridized carbons (Fsp3) is 0.583. The third-order valence-electron chi connectivity index (χ3n) is 2.69. The van der Waals surface area contributed by atoms with Crippen LogP contribution in [0.15, 0.2) is 11.6 Å². The second-order valence-corrected chi connectivity index (χ2v) is 4.57. The monoisotopic (exact) mass is 269 g/mol. The molecule has 1 heterocycles. The van der Waals surface area contributed by atoms with Crippen LogP contribution in [-0.2, 0) is 9.59 Å². The Morgan fingerprint density at radius 3 is 2.28 bits per heavy atom. The number of aromatic nitrogens is 1. The summed E-state index contributed by atoms with van der Waals surface area (Å²) in [5, 5.41) is 2.46. The zero-order valence-electron chi connectivity index (χ0n) is 11.0. The van der Waals surface area contributed by atoms with E-state index in [2.05, 4.69) is 4.98 Å². The third-order valence-corrected chi connectivity index (χ3v) is 3.48.